The van der Waals surface area contributed by atoms with Gasteiger partial charge in [0.15, 0.2) is 0 Å². The molecule has 7 heteroatoms. The van der Waals surface area contributed by atoms with Crippen LogP contribution in [-0.2, 0) is 20.7 Å². The van der Waals surface area contributed by atoms with E-state index in [0.717, 1.165) is 43.5 Å². The molecule has 0 bridgehead atoms. The van der Waals surface area contributed by atoms with Crippen molar-refractivity contribution >= 4 is 23.2 Å². The zero-order chi connectivity index (χ0) is 21.1. The number of hydrogen-bond donors (Lipinski definition) is 1. The van der Waals surface area contributed by atoms with Gasteiger partial charge in [-0.15, -0.1) is 0 Å². The van der Waals surface area contributed by atoms with E-state index in [2.05, 4.69) is 5.32 Å². The summed E-state index contributed by atoms with van der Waals surface area (Å²) < 4.78 is 18.7. The first kappa shape index (κ1) is 20.5. The Labute approximate surface area is 175 Å². The van der Waals surface area contributed by atoms with Crippen LogP contribution in [0.1, 0.15) is 49.9 Å². The maximum Gasteiger partial charge on any atom is 0.256 e. The fourth-order valence-electron chi connectivity index (χ4n) is 3.96. The number of aryl methyl sites for hydroxylation is 1. The Morgan fingerprint density at radius 1 is 1.17 bits per heavy atom. The lowest BCUT2D eigenvalue weighted by Gasteiger charge is -2.33. The molecular formula is C23H26FN3O3. The second-order valence-electron chi connectivity index (χ2n) is 7.87. The minimum Gasteiger partial charge on any atom is -0.368 e. The van der Waals surface area contributed by atoms with Crippen molar-refractivity contribution in [1.82, 2.24) is 4.98 Å². The molecule has 2 aliphatic heterocycles. The molecule has 2 amide bonds. The van der Waals surface area contributed by atoms with E-state index in [1.807, 2.05) is 6.07 Å². The van der Waals surface area contributed by atoms with Crippen LogP contribution in [0.2, 0.25) is 0 Å². The Kier molecular flexibility index (Phi) is 6.08. The van der Waals surface area contributed by atoms with Crippen LogP contribution in [0.3, 0.4) is 0 Å². The van der Waals surface area contributed by atoms with Gasteiger partial charge in [-0.1, -0.05) is 0 Å². The third-order valence-corrected chi connectivity index (χ3v) is 5.73. The highest BCUT2D eigenvalue weighted by molar-refractivity contribution is 5.98. The van der Waals surface area contributed by atoms with Gasteiger partial charge < -0.3 is 15.0 Å². The van der Waals surface area contributed by atoms with Gasteiger partial charge in [-0.2, -0.15) is 0 Å². The van der Waals surface area contributed by atoms with E-state index in [1.54, 1.807) is 17.9 Å². The van der Waals surface area contributed by atoms with Gasteiger partial charge in [-0.05, 0) is 75.4 Å². The average molecular weight is 411 g/mol. The molecule has 2 aromatic rings. The van der Waals surface area contributed by atoms with E-state index >= 15 is 0 Å². The smallest absolute Gasteiger partial charge is 0.256 e. The number of carbonyl (C=O) groups excluding carboxylic acids is 2. The molecular weight excluding hydrogens is 385 g/mol. The van der Waals surface area contributed by atoms with Crippen molar-refractivity contribution in [3.8, 4) is 0 Å². The Bertz CT molecular complexity index is 926. The summed E-state index contributed by atoms with van der Waals surface area (Å²) in [6.07, 6.45) is 4.00. The molecule has 30 heavy (non-hydrogen) atoms. The lowest BCUT2D eigenvalue weighted by Crippen LogP contribution is -2.44. The van der Waals surface area contributed by atoms with Crippen LogP contribution in [-0.4, -0.2) is 36.1 Å². The summed E-state index contributed by atoms with van der Waals surface area (Å²) in [5, 5.41) is 2.79. The maximum absolute atomic E-state index is 13.1. The number of nitrogens with zero attached hydrogens (tertiary/aromatic N) is 2. The second-order valence-corrected chi connectivity index (χ2v) is 7.87. The Balaban J connectivity index is 1.49. The zero-order valence-corrected chi connectivity index (χ0v) is 17.1. The number of nitrogens with one attached hydrogen (secondary N) is 1. The third kappa shape index (κ3) is 4.36. The monoisotopic (exact) mass is 411 g/mol. The number of aromatic nitrogens is 1. The highest BCUT2D eigenvalue weighted by Crippen LogP contribution is 2.30. The first-order valence-corrected chi connectivity index (χ1v) is 10.5. The fraction of sp³-hybridized carbons (Fsp3) is 0.435. The molecule has 0 saturated carbocycles. The number of rotatable bonds is 4. The number of fused-ring (bicyclic) bond motifs is 1. The molecule has 158 valence electrons. The molecule has 2 unspecified atom stereocenters. The summed E-state index contributed by atoms with van der Waals surface area (Å²) in [6.45, 7) is 3.08. The first-order chi connectivity index (χ1) is 14.5. The van der Waals surface area contributed by atoms with E-state index in [9.17, 15) is 14.0 Å². The quantitative estimate of drug-likeness (QED) is 0.831. The summed E-state index contributed by atoms with van der Waals surface area (Å²) in [5.74, 6) is -1.04. The molecule has 0 spiro atoms. The number of halogens is 1. The van der Waals surface area contributed by atoms with Gasteiger partial charge in [-0.3, -0.25) is 14.6 Å². The zero-order valence-electron chi connectivity index (χ0n) is 17.1. The number of hydrogen-bond acceptors (Lipinski definition) is 4. The molecule has 1 saturated heterocycles. The first-order valence-electron chi connectivity index (χ1n) is 10.5. The largest absolute Gasteiger partial charge is 0.368 e. The van der Waals surface area contributed by atoms with Crippen molar-refractivity contribution in [2.24, 2.45) is 0 Å². The number of benzene rings is 1. The van der Waals surface area contributed by atoms with Gasteiger partial charge in [0, 0.05) is 18.8 Å². The lowest BCUT2D eigenvalue weighted by molar-refractivity contribution is -0.132. The highest BCUT2D eigenvalue weighted by atomic mass is 19.1. The van der Waals surface area contributed by atoms with Crippen LogP contribution in [0, 0.1) is 5.82 Å². The van der Waals surface area contributed by atoms with E-state index in [1.165, 1.54) is 24.3 Å². The molecule has 4 rings (SSSR count). The normalized spacial score (nSPS) is 19.7. The van der Waals surface area contributed by atoms with E-state index in [-0.39, 0.29) is 23.7 Å². The summed E-state index contributed by atoms with van der Waals surface area (Å²) in [5.41, 5.74) is 2.84. The van der Waals surface area contributed by atoms with Crippen molar-refractivity contribution in [3.63, 3.8) is 0 Å². The van der Waals surface area contributed by atoms with Gasteiger partial charge in [0.1, 0.15) is 11.9 Å². The third-order valence-electron chi connectivity index (χ3n) is 5.73. The van der Waals surface area contributed by atoms with E-state index < -0.39 is 5.92 Å². The lowest BCUT2D eigenvalue weighted by atomic mass is 10.0. The molecule has 1 N–H and O–H groups in total. The number of pyridine rings is 1. The van der Waals surface area contributed by atoms with Gasteiger partial charge >= 0.3 is 0 Å². The Morgan fingerprint density at radius 3 is 2.70 bits per heavy atom. The topological polar surface area (TPSA) is 71.5 Å². The van der Waals surface area contributed by atoms with Crippen LogP contribution in [0.25, 0.3) is 0 Å². The summed E-state index contributed by atoms with van der Waals surface area (Å²) >= 11 is 0. The van der Waals surface area contributed by atoms with Gasteiger partial charge in [-0.25, -0.2) is 4.39 Å². The number of amides is 2. The predicted molar refractivity (Wildman–Crippen MR) is 112 cm³/mol. The van der Waals surface area contributed by atoms with Gasteiger partial charge in [0.05, 0.1) is 23.0 Å². The number of ether oxygens (including phenoxy) is 1. The van der Waals surface area contributed by atoms with Crippen LogP contribution in [0.4, 0.5) is 15.8 Å². The van der Waals surface area contributed by atoms with Crippen molar-refractivity contribution in [2.75, 3.05) is 23.4 Å². The molecule has 2 atom stereocenters. The van der Waals surface area contributed by atoms with Gasteiger partial charge in [0.2, 0.25) is 5.91 Å². The molecule has 2 aliphatic rings. The molecule has 0 aliphatic carbocycles. The number of carbonyl (C=O) groups is 2. The number of anilines is 2. The van der Waals surface area contributed by atoms with Crippen molar-refractivity contribution in [2.45, 2.75) is 51.0 Å². The van der Waals surface area contributed by atoms with Crippen LogP contribution in [0.15, 0.2) is 36.4 Å². The standard InChI is InChI=1S/C23H26FN3O3/c1-15(22(28)25-17-9-7-16(24)8-10-17)18-11-12-20-19(26-18)5-4-13-27(20)23(29)21-6-2-3-14-30-21/h7-12,15,21H,2-6,13-14H2,1H3,(H,25,28). The van der Waals surface area contributed by atoms with Crippen LogP contribution < -0.4 is 10.2 Å². The van der Waals surface area contributed by atoms with Crippen LogP contribution in [0.5, 0.6) is 0 Å². The minimum absolute atomic E-state index is 0.00676. The maximum atomic E-state index is 13.1. The minimum atomic E-state index is -0.479. The van der Waals surface area contributed by atoms with Crippen molar-refractivity contribution in [1.29, 1.82) is 0 Å². The van der Waals surface area contributed by atoms with E-state index in [0.29, 0.717) is 24.5 Å². The average Bonchev–Trinajstić information content (AvgIpc) is 2.79. The predicted octanol–water partition coefficient (Wildman–Crippen LogP) is 3.81. The summed E-state index contributed by atoms with van der Waals surface area (Å²) in [4.78, 5) is 32.1. The Morgan fingerprint density at radius 2 is 1.97 bits per heavy atom. The fourth-order valence-corrected chi connectivity index (χ4v) is 3.96. The molecule has 3 heterocycles. The van der Waals surface area contributed by atoms with E-state index in [4.69, 9.17) is 9.72 Å². The molecule has 1 fully saturated rings. The van der Waals surface area contributed by atoms with Gasteiger partial charge in [0.25, 0.3) is 5.91 Å². The van der Waals surface area contributed by atoms with Crippen LogP contribution >= 0.6 is 0 Å². The summed E-state index contributed by atoms with van der Waals surface area (Å²) in [7, 11) is 0. The van der Waals surface area contributed by atoms with Crippen molar-refractivity contribution < 1.29 is 18.7 Å². The summed E-state index contributed by atoms with van der Waals surface area (Å²) in [6, 6.07) is 9.35. The molecule has 6 nitrogen and oxygen atoms in total. The molecule has 1 aromatic heterocycles. The molecule has 0 radical (unpaired) electrons. The Hall–Kier alpha value is -2.80. The highest BCUT2D eigenvalue weighted by Gasteiger charge is 2.31. The molecule has 1 aromatic carbocycles. The SMILES string of the molecule is CC(C(=O)Nc1ccc(F)cc1)c1ccc2c(n1)CCCN2C(=O)C1CCCCO1. The second kappa shape index (κ2) is 8.92. The van der Waals surface area contributed by atoms with Crippen molar-refractivity contribution in [3.05, 3.63) is 53.6 Å².